The number of aromatic nitrogens is 1. The molecule has 2 nitrogen and oxygen atoms in total. The lowest BCUT2D eigenvalue weighted by Crippen LogP contribution is -2.12. The zero-order valence-electron chi connectivity index (χ0n) is 36.4. The second kappa shape index (κ2) is 15.7. The Labute approximate surface area is 384 Å². The van der Waals surface area contributed by atoms with Gasteiger partial charge in [-0.2, -0.15) is 0 Å². The van der Waals surface area contributed by atoms with E-state index in [0.29, 0.717) is 0 Å². The van der Waals surface area contributed by atoms with Gasteiger partial charge < -0.3 is 9.47 Å². The Bertz CT molecular complexity index is 3760. The normalized spacial score (nSPS) is 12.1. The molecule has 13 rings (SSSR count). The highest BCUT2D eigenvalue weighted by molar-refractivity contribution is 6.11. The smallest absolute Gasteiger partial charge is 0.0541 e. The topological polar surface area (TPSA) is 8.17 Å². The summed E-state index contributed by atoms with van der Waals surface area (Å²) in [5.74, 6) is 0. The van der Waals surface area contributed by atoms with Gasteiger partial charge in [0.15, 0.2) is 0 Å². The summed E-state index contributed by atoms with van der Waals surface area (Å²) in [5.41, 5.74) is 19.8. The molecule has 0 unspecified atom stereocenters. The van der Waals surface area contributed by atoms with E-state index in [0.717, 1.165) is 29.9 Å². The number of nitrogens with zero attached hydrogens (tertiary/aromatic N) is 2. The Morgan fingerprint density at radius 1 is 0.303 bits per heavy atom. The van der Waals surface area contributed by atoms with Crippen molar-refractivity contribution < 1.29 is 0 Å². The maximum absolute atomic E-state index is 2.46. The molecule has 2 heteroatoms. The molecular formula is C64H44N2. The molecule has 0 aliphatic heterocycles. The number of hydrogen-bond acceptors (Lipinski definition) is 1. The fraction of sp³-hybridized carbons (Fsp3) is 0.0312. The van der Waals surface area contributed by atoms with Gasteiger partial charge in [-0.1, -0.05) is 182 Å². The van der Waals surface area contributed by atoms with Crippen LogP contribution in [0, 0.1) is 0 Å². The maximum atomic E-state index is 2.46. The molecule has 0 radical (unpaired) electrons. The van der Waals surface area contributed by atoms with E-state index in [4.69, 9.17) is 0 Å². The summed E-state index contributed by atoms with van der Waals surface area (Å²) < 4.78 is 2.42. The van der Waals surface area contributed by atoms with E-state index in [-0.39, 0.29) is 0 Å². The molecule has 1 aliphatic carbocycles. The molecule has 1 aliphatic rings. The minimum atomic E-state index is 0.864. The van der Waals surface area contributed by atoms with Crippen LogP contribution >= 0.6 is 0 Å². The van der Waals surface area contributed by atoms with Crippen molar-refractivity contribution in [1.29, 1.82) is 0 Å². The largest absolute Gasteiger partial charge is 0.310 e. The van der Waals surface area contributed by atoms with E-state index in [1.165, 1.54) is 105 Å². The summed E-state index contributed by atoms with van der Waals surface area (Å²) in [5, 5.41) is 7.84. The van der Waals surface area contributed by atoms with E-state index in [2.05, 4.69) is 252 Å². The molecule has 0 atom stereocenters. The van der Waals surface area contributed by atoms with Crippen molar-refractivity contribution in [3.05, 3.63) is 265 Å². The standard InChI is InChI=1S/C64H44N2/c1-4-14-43(15-5-1)45-26-31-52(32-27-45)65(53-33-35-54(36-34-53)66-60-25-11-10-22-56(60)59-42-47(29-38-62(59)66)44-16-6-2-7-17-44)61-39-30-51-40-48-20-12-23-57-55(46-18-8-3-9-19-46)37-28-50(63(48)57)41-49-21-13-24-58(61)64(49)51/h1-39,42H,40-41H2. The van der Waals surface area contributed by atoms with Gasteiger partial charge in [0, 0.05) is 33.2 Å². The molecule has 0 amide bonds. The summed E-state index contributed by atoms with van der Waals surface area (Å²) in [4.78, 5) is 2.46. The minimum absolute atomic E-state index is 0.864. The number of rotatable bonds is 7. The number of fused-ring (bicyclic) bond motifs is 3. The highest BCUT2D eigenvalue weighted by atomic mass is 15.1. The molecule has 1 aromatic heterocycles. The first-order valence-corrected chi connectivity index (χ1v) is 23.0. The highest BCUT2D eigenvalue weighted by Gasteiger charge is 2.23. The van der Waals surface area contributed by atoms with Gasteiger partial charge in [0.2, 0.25) is 0 Å². The van der Waals surface area contributed by atoms with Crippen molar-refractivity contribution in [3.63, 3.8) is 0 Å². The summed E-state index contributed by atoms with van der Waals surface area (Å²) in [6.45, 7) is 0. The molecule has 0 saturated heterocycles. The average Bonchev–Trinajstić information content (AvgIpc) is 3.71. The van der Waals surface area contributed by atoms with Crippen molar-refractivity contribution in [3.8, 4) is 39.1 Å². The van der Waals surface area contributed by atoms with Crippen molar-refractivity contribution in [1.82, 2.24) is 4.57 Å². The van der Waals surface area contributed by atoms with Crippen LogP contribution < -0.4 is 4.90 Å². The lowest BCUT2D eigenvalue weighted by molar-refractivity contribution is 1.16. The predicted octanol–water partition coefficient (Wildman–Crippen LogP) is 17.1. The van der Waals surface area contributed by atoms with Crippen LogP contribution in [0.2, 0.25) is 0 Å². The van der Waals surface area contributed by atoms with Gasteiger partial charge in [0.1, 0.15) is 0 Å². The molecule has 1 heterocycles. The highest BCUT2D eigenvalue weighted by Crippen LogP contribution is 2.45. The molecule has 11 aromatic carbocycles. The van der Waals surface area contributed by atoms with Crippen LogP contribution in [0.1, 0.15) is 22.3 Å². The summed E-state index contributed by atoms with van der Waals surface area (Å²) in [7, 11) is 0. The first kappa shape index (κ1) is 38.0. The molecule has 0 spiro atoms. The van der Waals surface area contributed by atoms with Crippen LogP contribution in [0.15, 0.2) is 243 Å². The quantitative estimate of drug-likeness (QED) is 0.155. The third-order valence-electron chi connectivity index (χ3n) is 13.9. The second-order valence-corrected chi connectivity index (χ2v) is 17.6. The molecule has 66 heavy (non-hydrogen) atoms. The number of anilines is 3. The summed E-state index contributed by atoms with van der Waals surface area (Å²) in [6.07, 6.45) is 1.73. The predicted molar refractivity (Wildman–Crippen MR) is 279 cm³/mol. The van der Waals surface area contributed by atoms with E-state index in [1.807, 2.05) is 0 Å². The van der Waals surface area contributed by atoms with Crippen molar-refractivity contribution in [2.24, 2.45) is 0 Å². The number of para-hydroxylation sites is 1. The zero-order chi connectivity index (χ0) is 43.6. The van der Waals surface area contributed by atoms with Crippen LogP contribution in [0.25, 0.3) is 82.4 Å². The van der Waals surface area contributed by atoms with Crippen LogP contribution in [0.4, 0.5) is 17.1 Å². The fourth-order valence-electron chi connectivity index (χ4n) is 10.8. The van der Waals surface area contributed by atoms with Crippen LogP contribution in [-0.2, 0) is 12.8 Å². The lowest BCUT2D eigenvalue weighted by atomic mass is 9.83. The molecule has 12 aromatic rings. The maximum Gasteiger partial charge on any atom is 0.0541 e. The first-order chi connectivity index (χ1) is 32.7. The summed E-state index contributed by atoms with van der Waals surface area (Å²) in [6, 6.07) is 89.4. The van der Waals surface area contributed by atoms with Gasteiger partial charge in [0.05, 0.1) is 16.7 Å². The third-order valence-corrected chi connectivity index (χ3v) is 13.9. The Morgan fingerprint density at radius 3 is 1.47 bits per heavy atom. The monoisotopic (exact) mass is 840 g/mol. The third kappa shape index (κ3) is 6.33. The van der Waals surface area contributed by atoms with Crippen LogP contribution in [0.3, 0.4) is 0 Å². The van der Waals surface area contributed by atoms with Gasteiger partial charge in [-0.25, -0.2) is 0 Å². The molecule has 0 fully saturated rings. The van der Waals surface area contributed by atoms with Crippen molar-refractivity contribution in [2.75, 3.05) is 4.90 Å². The fourth-order valence-corrected chi connectivity index (χ4v) is 10.8. The molecule has 0 bridgehead atoms. The average molecular weight is 841 g/mol. The zero-order valence-corrected chi connectivity index (χ0v) is 36.4. The van der Waals surface area contributed by atoms with Crippen LogP contribution in [0.5, 0.6) is 0 Å². The molecule has 0 N–H and O–H groups in total. The Balaban J connectivity index is 0.954. The van der Waals surface area contributed by atoms with E-state index in [1.54, 1.807) is 0 Å². The number of benzene rings is 11. The summed E-state index contributed by atoms with van der Waals surface area (Å²) >= 11 is 0. The number of hydrogen-bond donors (Lipinski definition) is 0. The van der Waals surface area contributed by atoms with Gasteiger partial charge in [-0.3, -0.25) is 0 Å². The SMILES string of the molecule is c1ccc(-c2ccc(N(c3ccc(-n4c5ccccc5c5cc(-c6ccccc6)ccc54)cc3)c3ccc4c5c(cccc35)Cc3ccc(-c5ccccc5)c5cccc(c35)C4)cc2)cc1. The second-order valence-electron chi connectivity index (χ2n) is 17.6. The first-order valence-electron chi connectivity index (χ1n) is 23.0. The Kier molecular flexibility index (Phi) is 9.02. The van der Waals surface area contributed by atoms with Crippen LogP contribution in [-0.4, -0.2) is 4.57 Å². The van der Waals surface area contributed by atoms with Gasteiger partial charge >= 0.3 is 0 Å². The molecule has 310 valence electrons. The van der Waals surface area contributed by atoms with E-state index >= 15 is 0 Å². The van der Waals surface area contributed by atoms with Gasteiger partial charge in [-0.05, 0) is 145 Å². The van der Waals surface area contributed by atoms with E-state index < -0.39 is 0 Å². The van der Waals surface area contributed by atoms with E-state index in [9.17, 15) is 0 Å². The molecule has 0 saturated carbocycles. The van der Waals surface area contributed by atoms with Gasteiger partial charge in [0.25, 0.3) is 0 Å². The van der Waals surface area contributed by atoms with Crippen molar-refractivity contribution >= 4 is 60.4 Å². The Hall–Kier alpha value is -8.46. The Morgan fingerprint density at radius 2 is 0.788 bits per heavy atom. The lowest BCUT2D eigenvalue weighted by Gasteiger charge is -2.29. The van der Waals surface area contributed by atoms with Gasteiger partial charge in [-0.15, -0.1) is 0 Å². The van der Waals surface area contributed by atoms with Crippen molar-refractivity contribution in [2.45, 2.75) is 12.8 Å². The minimum Gasteiger partial charge on any atom is -0.310 e. The molecular weight excluding hydrogens is 797 g/mol.